The van der Waals surface area contributed by atoms with Crippen LogP contribution < -0.4 is 5.32 Å². The summed E-state index contributed by atoms with van der Waals surface area (Å²) in [5.41, 5.74) is 1.10. The lowest BCUT2D eigenvalue weighted by molar-refractivity contribution is -0.384. The van der Waals surface area contributed by atoms with E-state index in [-0.39, 0.29) is 11.8 Å². The Kier molecular flexibility index (Phi) is 6.27. The Morgan fingerprint density at radius 1 is 1.33 bits per heavy atom. The molecule has 1 N–H and O–H groups in total. The van der Waals surface area contributed by atoms with E-state index in [1.165, 1.54) is 12.1 Å². The summed E-state index contributed by atoms with van der Waals surface area (Å²) in [6.07, 6.45) is 0.00745. The maximum absolute atomic E-state index is 10.5. The number of hydrogen-bond donors (Lipinski definition) is 1. The first-order valence-corrected chi connectivity index (χ1v) is 5.63. The van der Waals surface area contributed by atoms with Gasteiger partial charge in [-0.25, -0.2) is 0 Å². The van der Waals surface area contributed by atoms with E-state index in [0.717, 1.165) is 5.56 Å². The van der Waals surface area contributed by atoms with Gasteiger partial charge in [0.15, 0.2) is 0 Å². The van der Waals surface area contributed by atoms with Crippen LogP contribution in [0.1, 0.15) is 5.56 Å². The predicted molar refractivity (Wildman–Crippen MR) is 67.5 cm³/mol. The number of benzene rings is 1. The molecule has 0 fully saturated rings. The van der Waals surface area contributed by atoms with E-state index < -0.39 is 4.92 Å². The Bertz CT molecular complexity index is 367. The van der Waals surface area contributed by atoms with Gasteiger partial charge in [0.25, 0.3) is 5.69 Å². The number of ether oxygens (including phenoxy) is 2. The Morgan fingerprint density at radius 3 is 2.50 bits per heavy atom. The molecule has 0 saturated heterocycles. The predicted octanol–water partition coefficient (Wildman–Crippen LogP) is 1.35. The van der Waals surface area contributed by atoms with Gasteiger partial charge in [-0.15, -0.1) is 0 Å². The van der Waals surface area contributed by atoms with E-state index in [1.807, 2.05) is 0 Å². The van der Waals surface area contributed by atoms with Crippen molar-refractivity contribution < 1.29 is 14.4 Å². The molecule has 0 bridgehead atoms. The van der Waals surface area contributed by atoms with Gasteiger partial charge < -0.3 is 14.8 Å². The van der Waals surface area contributed by atoms with E-state index in [9.17, 15) is 10.1 Å². The van der Waals surface area contributed by atoms with Crippen molar-refractivity contribution in [2.45, 2.75) is 12.6 Å². The lowest BCUT2D eigenvalue weighted by atomic mass is 10.2. The fourth-order valence-corrected chi connectivity index (χ4v) is 1.51. The summed E-state index contributed by atoms with van der Waals surface area (Å²) in [6, 6.07) is 6.48. The van der Waals surface area contributed by atoms with Crippen molar-refractivity contribution in [3.63, 3.8) is 0 Å². The van der Waals surface area contributed by atoms with Crippen molar-refractivity contribution in [1.29, 1.82) is 0 Å². The van der Waals surface area contributed by atoms with Crippen molar-refractivity contribution in [1.82, 2.24) is 5.32 Å². The van der Waals surface area contributed by atoms with Crippen LogP contribution in [0.5, 0.6) is 0 Å². The molecule has 0 heterocycles. The number of nitrogens with zero attached hydrogens (tertiary/aromatic N) is 1. The third-order valence-electron chi connectivity index (χ3n) is 2.53. The van der Waals surface area contributed by atoms with Crippen LogP contribution >= 0.6 is 0 Å². The standard InChI is InChI=1S/C12H18N2O4/c1-17-9-12(18-2)8-13-7-10-3-5-11(6-4-10)14(15)16/h3-6,12-13H,7-9H2,1-2H3. The molecule has 1 aromatic rings. The highest BCUT2D eigenvalue weighted by Gasteiger charge is 2.07. The average Bonchev–Trinajstić information content (AvgIpc) is 2.38. The molecule has 100 valence electrons. The molecule has 6 heteroatoms. The molecule has 0 aliphatic heterocycles. The van der Waals surface area contributed by atoms with Gasteiger partial charge in [-0.05, 0) is 5.56 Å². The molecule has 0 spiro atoms. The number of methoxy groups -OCH3 is 2. The molecule has 18 heavy (non-hydrogen) atoms. The molecule has 0 saturated carbocycles. The third kappa shape index (κ3) is 4.79. The van der Waals surface area contributed by atoms with E-state index in [1.54, 1.807) is 26.4 Å². The molecule has 0 aliphatic carbocycles. The first kappa shape index (κ1) is 14.6. The zero-order valence-electron chi connectivity index (χ0n) is 10.6. The molecular formula is C12H18N2O4. The topological polar surface area (TPSA) is 73.6 Å². The zero-order chi connectivity index (χ0) is 13.4. The highest BCUT2D eigenvalue weighted by molar-refractivity contribution is 5.32. The minimum atomic E-state index is -0.406. The number of nitrogens with one attached hydrogen (secondary N) is 1. The first-order chi connectivity index (χ1) is 8.67. The van der Waals surface area contributed by atoms with Gasteiger partial charge >= 0.3 is 0 Å². The van der Waals surface area contributed by atoms with Crippen LogP contribution in [0.2, 0.25) is 0 Å². The second kappa shape index (κ2) is 7.75. The maximum atomic E-state index is 10.5. The van der Waals surface area contributed by atoms with E-state index in [4.69, 9.17) is 9.47 Å². The van der Waals surface area contributed by atoms with Crippen molar-refractivity contribution in [2.75, 3.05) is 27.4 Å². The number of nitro benzene ring substituents is 1. The quantitative estimate of drug-likeness (QED) is 0.560. The Balaban J connectivity index is 2.37. The SMILES string of the molecule is COCC(CNCc1ccc([N+](=O)[O-])cc1)OC. The molecule has 0 aliphatic rings. The van der Waals surface area contributed by atoms with Crippen LogP contribution in [0.25, 0.3) is 0 Å². The number of hydrogen-bond acceptors (Lipinski definition) is 5. The first-order valence-electron chi connectivity index (χ1n) is 5.63. The lowest BCUT2D eigenvalue weighted by Gasteiger charge is -2.14. The summed E-state index contributed by atoms with van der Waals surface area (Å²) in [5, 5.41) is 13.7. The summed E-state index contributed by atoms with van der Waals surface area (Å²) in [6.45, 7) is 1.84. The average molecular weight is 254 g/mol. The third-order valence-corrected chi connectivity index (χ3v) is 2.53. The minimum absolute atomic E-state index is 0.00745. The van der Waals surface area contributed by atoms with Crippen LogP contribution in [0.3, 0.4) is 0 Å². The van der Waals surface area contributed by atoms with Gasteiger partial charge in [-0.2, -0.15) is 0 Å². The molecule has 1 aromatic carbocycles. The Morgan fingerprint density at radius 2 is 2.00 bits per heavy atom. The van der Waals surface area contributed by atoms with Crippen LogP contribution in [0.4, 0.5) is 5.69 Å². The second-order valence-corrected chi connectivity index (χ2v) is 3.87. The summed E-state index contributed by atoms with van der Waals surface area (Å²) in [7, 11) is 3.26. The highest BCUT2D eigenvalue weighted by atomic mass is 16.6. The molecule has 1 atom stereocenters. The van der Waals surface area contributed by atoms with Gasteiger partial charge in [0.1, 0.15) is 0 Å². The zero-order valence-corrected chi connectivity index (χ0v) is 10.6. The van der Waals surface area contributed by atoms with Gasteiger partial charge in [-0.3, -0.25) is 10.1 Å². The lowest BCUT2D eigenvalue weighted by Crippen LogP contribution is -2.31. The van der Waals surface area contributed by atoms with Crippen LogP contribution in [0.15, 0.2) is 24.3 Å². The number of nitro groups is 1. The van der Waals surface area contributed by atoms with E-state index >= 15 is 0 Å². The van der Waals surface area contributed by atoms with Gasteiger partial charge in [-0.1, -0.05) is 12.1 Å². The minimum Gasteiger partial charge on any atom is -0.382 e. The summed E-state index contributed by atoms with van der Waals surface area (Å²) >= 11 is 0. The van der Waals surface area contributed by atoms with Crippen LogP contribution in [-0.2, 0) is 16.0 Å². The van der Waals surface area contributed by atoms with Gasteiger partial charge in [0.2, 0.25) is 0 Å². The van der Waals surface area contributed by atoms with Crippen molar-refractivity contribution in [3.8, 4) is 0 Å². The molecule has 1 rings (SSSR count). The molecule has 0 amide bonds. The molecular weight excluding hydrogens is 236 g/mol. The highest BCUT2D eigenvalue weighted by Crippen LogP contribution is 2.11. The molecule has 0 radical (unpaired) electrons. The van der Waals surface area contributed by atoms with Gasteiger partial charge in [0.05, 0.1) is 17.6 Å². The van der Waals surface area contributed by atoms with E-state index in [0.29, 0.717) is 19.7 Å². The smallest absolute Gasteiger partial charge is 0.269 e. The fraction of sp³-hybridized carbons (Fsp3) is 0.500. The summed E-state index contributed by atoms with van der Waals surface area (Å²) in [5.74, 6) is 0. The van der Waals surface area contributed by atoms with Crippen molar-refractivity contribution in [2.24, 2.45) is 0 Å². The summed E-state index contributed by atoms with van der Waals surface area (Å²) in [4.78, 5) is 10.1. The maximum Gasteiger partial charge on any atom is 0.269 e. The molecule has 1 unspecified atom stereocenters. The Hall–Kier alpha value is -1.50. The van der Waals surface area contributed by atoms with Crippen molar-refractivity contribution in [3.05, 3.63) is 39.9 Å². The molecule has 0 aromatic heterocycles. The normalized spacial score (nSPS) is 12.3. The van der Waals surface area contributed by atoms with Crippen molar-refractivity contribution >= 4 is 5.69 Å². The van der Waals surface area contributed by atoms with Gasteiger partial charge in [0, 0.05) is 39.4 Å². The van der Waals surface area contributed by atoms with Crippen LogP contribution in [0, 0.1) is 10.1 Å². The van der Waals surface area contributed by atoms with E-state index in [2.05, 4.69) is 5.32 Å². The fourth-order valence-electron chi connectivity index (χ4n) is 1.51. The monoisotopic (exact) mass is 254 g/mol. The number of rotatable bonds is 8. The Labute approximate surface area is 106 Å². The summed E-state index contributed by atoms with van der Waals surface area (Å²) < 4.78 is 10.2. The largest absolute Gasteiger partial charge is 0.382 e. The number of non-ortho nitro benzene ring substituents is 1. The second-order valence-electron chi connectivity index (χ2n) is 3.87. The van der Waals surface area contributed by atoms with Crippen LogP contribution in [-0.4, -0.2) is 38.4 Å². The molecule has 6 nitrogen and oxygen atoms in total.